The molecule has 1 aromatic carbocycles. The van der Waals surface area contributed by atoms with E-state index in [4.69, 9.17) is 14.2 Å². The molecule has 0 aromatic heterocycles. The van der Waals surface area contributed by atoms with Crippen molar-refractivity contribution in [1.82, 2.24) is 4.31 Å². The summed E-state index contributed by atoms with van der Waals surface area (Å²) in [6.45, 7) is 2.02. The van der Waals surface area contributed by atoms with E-state index in [-0.39, 0.29) is 13.1 Å². The zero-order chi connectivity index (χ0) is 20.9. The van der Waals surface area contributed by atoms with Crippen molar-refractivity contribution in [3.8, 4) is 11.5 Å². The Morgan fingerprint density at radius 1 is 1.11 bits per heavy atom. The van der Waals surface area contributed by atoms with E-state index in [9.17, 15) is 18.0 Å². The minimum atomic E-state index is -3.26. The number of sulfonamides is 1. The van der Waals surface area contributed by atoms with Gasteiger partial charge in [-0.15, -0.1) is 0 Å². The molecule has 0 radical (unpaired) electrons. The molecule has 1 N–H and O–H groups in total. The Bertz CT molecular complexity index is 795. The van der Waals surface area contributed by atoms with Crippen LogP contribution in [0.15, 0.2) is 18.2 Å². The minimum absolute atomic E-state index is 0.267. The number of amides is 1. The van der Waals surface area contributed by atoms with Gasteiger partial charge in [0.1, 0.15) is 11.5 Å². The molecule has 1 amide bonds. The number of ether oxygens (including phenoxy) is 3. The normalized spacial score (nSPS) is 16.9. The number of benzene rings is 1. The van der Waals surface area contributed by atoms with Gasteiger partial charge in [0.25, 0.3) is 5.91 Å². The van der Waals surface area contributed by atoms with Crippen LogP contribution in [0.2, 0.25) is 0 Å². The predicted molar refractivity (Wildman–Crippen MR) is 103 cm³/mol. The molecule has 1 heterocycles. The largest absolute Gasteiger partial charge is 0.497 e. The first-order chi connectivity index (χ1) is 13.1. The van der Waals surface area contributed by atoms with Gasteiger partial charge in [-0.1, -0.05) is 0 Å². The lowest BCUT2D eigenvalue weighted by Crippen LogP contribution is -2.41. The van der Waals surface area contributed by atoms with Gasteiger partial charge in [-0.3, -0.25) is 9.59 Å². The van der Waals surface area contributed by atoms with Crippen molar-refractivity contribution in [2.24, 2.45) is 5.92 Å². The second-order valence-corrected chi connectivity index (χ2v) is 8.59. The summed E-state index contributed by atoms with van der Waals surface area (Å²) in [6, 6.07) is 4.91. The number of rotatable bonds is 7. The van der Waals surface area contributed by atoms with Gasteiger partial charge < -0.3 is 19.5 Å². The monoisotopic (exact) mass is 414 g/mol. The molecule has 2 rings (SSSR count). The van der Waals surface area contributed by atoms with Crippen LogP contribution in [0.25, 0.3) is 0 Å². The molecule has 1 unspecified atom stereocenters. The molecule has 1 atom stereocenters. The molecular formula is C18H26N2O7S. The number of nitrogens with one attached hydrogen (secondary N) is 1. The quantitative estimate of drug-likeness (QED) is 0.668. The first-order valence-electron chi connectivity index (χ1n) is 8.83. The maximum Gasteiger partial charge on any atom is 0.309 e. The van der Waals surface area contributed by atoms with E-state index in [1.807, 2.05) is 0 Å². The van der Waals surface area contributed by atoms with E-state index in [1.54, 1.807) is 18.2 Å². The summed E-state index contributed by atoms with van der Waals surface area (Å²) >= 11 is 0. The van der Waals surface area contributed by atoms with Crippen molar-refractivity contribution < 1.29 is 32.2 Å². The fraction of sp³-hybridized carbons (Fsp3) is 0.556. The van der Waals surface area contributed by atoms with Crippen LogP contribution < -0.4 is 14.8 Å². The highest BCUT2D eigenvalue weighted by atomic mass is 32.2. The van der Waals surface area contributed by atoms with E-state index in [0.717, 1.165) is 6.26 Å². The van der Waals surface area contributed by atoms with Crippen LogP contribution in [0.3, 0.4) is 0 Å². The van der Waals surface area contributed by atoms with Gasteiger partial charge in [0, 0.05) is 37.0 Å². The van der Waals surface area contributed by atoms with Crippen molar-refractivity contribution in [3.63, 3.8) is 0 Å². The zero-order valence-electron chi connectivity index (χ0n) is 16.4. The summed E-state index contributed by atoms with van der Waals surface area (Å²) in [6.07, 6.45) is 0.879. The smallest absolute Gasteiger partial charge is 0.309 e. The molecule has 1 fully saturated rings. The minimum Gasteiger partial charge on any atom is -0.497 e. The highest BCUT2D eigenvalue weighted by Crippen LogP contribution is 2.26. The fourth-order valence-electron chi connectivity index (χ4n) is 2.87. The maximum absolute atomic E-state index is 12.4. The molecule has 10 heteroatoms. The average Bonchev–Trinajstić information content (AvgIpc) is 2.66. The Morgan fingerprint density at radius 2 is 1.64 bits per heavy atom. The number of hydrogen-bond donors (Lipinski definition) is 1. The molecule has 0 bridgehead atoms. The summed E-state index contributed by atoms with van der Waals surface area (Å²) in [4.78, 5) is 24.7. The second kappa shape index (κ2) is 9.24. The zero-order valence-corrected chi connectivity index (χ0v) is 17.2. The lowest BCUT2D eigenvalue weighted by Gasteiger charge is -2.29. The number of esters is 1. The van der Waals surface area contributed by atoms with Crippen LogP contribution in [0.1, 0.15) is 19.8 Å². The summed E-state index contributed by atoms with van der Waals surface area (Å²) in [5.41, 5.74) is 0.450. The molecule has 9 nitrogen and oxygen atoms in total. The SMILES string of the molecule is COc1cc(NC(=O)C(C)OC(=O)C2CCN(S(C)(=O)=O)CC2)cc(OC)c1. The molecule has 1 aliphatic heterocycles. The van der Waals surface area contributed by atoms with Crippen molar-refractivity contribution in [2.75, 3.05) is 38.9 Å². The molecule has 0 saturated carbocycles. The van der Waals surface area contributed by atoms with Gasteiger partial charge in [-0.2, -0.15) is 0 Å². The summed E-state index contributed by atoms with van der Waals surface area (Å²) in [5.74, 6) is -0.393. The Hall–Kier alpha value is -2.33. The molecular weight excluding hydrogens is 388 g/mol. The topological polar surface area (TPSA) is 111 Å². The first kappa shape index (κ1) is 22.0. The van der Waals surface area contributed by atoms with Crippen LogP contribution in [0.4, 0.5) is 5.69 Å². The molecule has 1 aromatic rings. The Labute approximate surface area is 165 Å². The third-order valence-electron chi connectivity index (χ3n) is 4.54. The first-order valence-corrected chi connectivity index (χ1v) is 10.7. The Morgan fingerprint density at radius 3 is 2.11 bits per heavy atom. The molecule has 0 spiro atoms. The van der Waals surface area contributed by atoms with Crippen LogP contribution in [0, 0.1) is 5.92 Å². The number of carbonyl (C=O) groups excluding carboxylic acids is 2. The van der Waals surface area contributed by atoms with Gasteiger partial charge in [0.05, 0.1) is 26.4 Å². The third-order valence-corrected chi connectivity index (χ3v) is 5.84. The number of nitrogens with zero attached hydrogens (tertiary/aromatic N) is 1. The standard InChI is InChI=1S/C18H26N2O7S/c1-12(17(21)19-14-9-15(25-2)11-16(10-14)26-3)27-18(22)13-5-7-20(8-6-13)28(4,23)24/h9-13H,5-8H2,1-4H3,(H,19,21). The molecule has 1 saturated heterocycles. The van der Waals surface area contributed by atoms with E-state index in [1.165, 1.54) is 25.4 Å². The highest BCUT2D eigenvalue weighted by molar-refractivity contribution is 7.88. The third kappa shape index (κ3) is 5.83. The lowest BCUT2D eigenvalue weighted by atomic mass is 9.98. The van der Waals surface area contributed by atoms with Crippen molar-refractivity contribution in [1.29, 1.82) is 0 Å². The van der Waals surface area contributed by atoms with E-state index in [2.05, 4.69) is 5.32 Å². The van der Waals surface area contributed by atoms with Gasteiger partial charge in [0.2, 0.25) is 10.0 Å². The summed E-state index contributed by atoms with van der Waals surface area (Å²) in [7, 11) is -0.261. The fourth-order valence-corrected chi connectivity index (χ4v) is 3.74. The van der Waals surface area contributed by atoms with Gasteiger partial charge >= 0.3 is 5.97 Å². The lowest BCUT2D eigenvalue weighted by molar-refractivity contribution is -0.158. The molecule has 28 heavy (non-hydrogen) atoms. The summed E-state index contributed by atoms with van der Waals surface area (Å²) < 4.78 is 40.0. The van der Waals surface area contributed by atoms with Crippen LogP contribution in [0.5, 0.6) is 11.5 Å². The van der Waals surface area contributed by atoms with Gasteiger partial charge in [0.15, 0.2) is 6.10 Å². The van der Waals surface area contributed by atoms with E-state index in [0.29, 0.717) is 30.0 Å². The molecule has 1 aliphatic rings. The van der Waals surface area contributed by atoms with Crippen LogP contribution in [-0.4, -0.2) is 64.3 Å². The second-order valence-electron chi connectivity index (χ2n) is 6.61. The highest BCUT2D eigenvalue weighted by Gasteiger charge is 2.31. The average molecular weight is 414 g/mol. The number of carbonyl (C=O) groups is 2. The van der Waals surface area contributed by atoms with Crippen LogP contribution >= 0.6 is 0 Å². The van der Waals surface area contributed by atoms with Crippen molar-refractivity contribution in [2.45, 2.75) is 25.9 Å². The maximum atomic E-state index is 12.4. The van der Waals surface area contributed by atoms with Gasteiger partial charge in [-0.05, 0) is 19.8 Å². The Kier molecular flexibility index (Phi) is 7.25. The van der Waals surface area contributed by atoms with E-state index >= 15 is 0 Å². The Balaban J connectivity index is 1.91. The van der Waals surface area contributed by atoms with Crippen molar-refractivity contribution in [3.05, 3.63) is 18.2 Å². The number of anilines is 1. The number of hydrogen-bond acceptors (Lipinski definition) is 7. The summed E-state index contributed by atoms with van der Waals surface area (Å²) in [5, 5.41) is 2.66. The number of piperidine rings is 1. The predicted octanol–water partition coefficient (Wildman–Crippen LogP) is 1.25. The molecule has 0 aliphatic carbocycles. The van der Waals surface area contributed by atoms with Crippen LogP contribution in [-0.2, 0) is 24.3 Å². The van der Waals surface area contributed by atoms with E-state index < -0.39 is 33.9 Å². The van der Waals surface area contributed by atoms with Crippen molar-refractivity contribution >= 4 is 27.6 Å². The van der Waals surface area contributed by atoms with Gasteiger partial charge in [-0.25, -0.2) is 12.7 Å². The number of methoxy groups -OCH3 is 2. The molecule has 156 valence electrons.